The molecule has 0 saturated carbocycles. The van der Waals surface area contributed by atoms with Crippen molar-refractivity contribution in [2.45, 2.75) is 32.1 Å². The Bertz CT molecular complexity index is 2190. The predicted molar refractivity (Wildman–Crippen MR) is 197 cm³/mol. The molecule has 0 spiro atoms. The van der Waals surface area contributed by atoms with Crippen molar-refractivity contribution in [1.29, 1.82) is 0 Å². The molecule has 0 heteroatoms. The molecule has 0 heterocycles. The SMILES string of the molecule is CCc1cc(-c2ccc(C3c4ccccc4-c4ccccc43)cc2)c(C)cc1-c1ccc(C2c3ccccc3-c3ccccc32)cc1. The molecule has 0 bridgehead atoms. The van der Waals surface area contributed by atoms with Crippen LogP contribution in [0.5, 0.6) is 0 Å². The van der Waals surface area contributed by atoms with Crippen molar-refractivity contribution in [3.8, 4) is 44.5 Å². The number of benzene rings is 7. The third kappa shape index (κ3) is 4.43. The van der Waals surface area contributed by atoms with E-state index in [1.807, 2.05) is 0 Å². The van der Waals surface area contributed by atoms with Gasteiger partial charge in [0.15, 0.2) is 0 Å². The Morgan fingerprint density at radius 1 is 0.383 bits per heavy atom. The highest BCUT2D eigenvalue weighted by molar-refractivity contribution is 5.83. The van der Waals surface area contributed by atoms with Crippen LogP contribution in [0.1, 0.15) is 63.3 Å². The van der Waals surface area contributed by atoms with E-state index in [0.29, 0.717) is 0 Å². The summed E-state index contributed by atoms with van der Waals surface area (Å²) in [5.41, 5.74) is 21.7. The first-order chi connectivity index (χ1) is 23.2. The molecule has 224 valence electrons. The minimum Gasteiger partial charge on any atom is -0.0619 e. The van der Waals surface area contributed by atoms with Gasteiger partial charge in [0.1, 0.15) is 0 Å². The number of fused-ring (bicyclic) bond motifs is 6. The van der Waals surface area contributed by atoms with Gasteiger partial charge in [-0.15, -0.1) is 0 Å². The molecule has 0 aliphatic heterocycles. The highest BCUT2D eigenvalue weighted by Gasteiger charge is 2.30. The summed E-state index contributed by atoms with van der Waals surface area (Å²) in [7, 11) is 0. The molecule has 0 fully saturated rings. The molecular formula is C47H36. The zero-order valence-corrected chi connectivity index (χ0v) is 26.9. The Hall–Kier alpha value is -5.46. The molecule has 0 nitrogen and oxygen atoms in total. The first-order valence-electron chi connectivity index (χ1n) is 16.9. The normalized spacial score (nSPS) is 13.2. The number of hydrogen-bond donors (Lipinski definition) is 0. The Labute approximate surface area is 278 Å². The topological polar surface area (TPSA) is 0 Å². The Morgan fingerprint density at radius 2 is 0.745 bits per heavy atom. The van der Waals surface area contributed by atoms with Gasteiger partial charge in [-0.2, -0.15) is 0 Å². The van der Waals surface area contributed by atoms with Gasteiger partial charge in [0.25, 0.3) is 0 Å². The van der Waals surface area contributed by atoms with E-state index in [2.05, 4.69) is 172 Å². The summed E-state index contributed by atoms with van der Waals surface area (Å²) < 4.78 is 0. The van der Waals surface area contributed by atoms with E-state index < -0.39 is 0 Å². The average Bonchev–Trinajstić information content (AvgIpc) is 3.65. The largest absolute Gasteiger partial charge is 0.0619 e. The summed E-state index contributed by atoms with van der Waals surface area (Å²) in [6.07, 6.45) is 0.988. The maximum absolute atomic E-state index is 2.43. The highest BCUT2D eigenvalue weighted by atomic mass is 14.3. The fourth-order valence-electron chi connectivity index (χ4n) is 8.36. The van der Waals surface area contributed by atoms with Crippen molar-refractivity contribution in [2.75, 3.05) is 0 Å². The fourth-order valence-corrected chi connectivity index (χ4v) is 8.36. The van der Waals surface area contributed by atoms with Gasteiger partial charge in [0.05, 0.1) is 0 Å². The van der Waals surface area contributed by atoms with E-state index in [0.717, 1.165) is 6.42 Å². The summed E-state index contributed by atoms with van der Waals surface area (Å²) in [4.78, 5) is 0. The van der Waals surface area contributed by atoms with Gasteiger partial charge >= 0.3 is 0 Å². The van der Waals surface area contributed by atoms with Crippen molar-refractivity contribution in [3.05, 3.63) is 202 Å². The van der Waals surface area contributed by atoms with Gasteiger partial charge in [0.2, 0.25) is 0 Å². The molecule has 0 aromatic heterocycles. The Kier molecular flexibility index (Phi) is 6.57. The van der Waals surface area contributed by atoms with Crippen LogP contribution in [0.2, 0.25) is 0 Å². The molecule has 0 radical (unpaired) electrons. The molecule has 7 aromatic rings. The van der Waals surface area contributed by atoms with Gasteiger partial charge in [-0.1, -0.05) is 165 Å². The van der Waals surface area contributed by atoms with E-state index >= 15 is 0 Å². The molecule has 9 rings (SSSR count). The zero-order chi connectivity index (χ0) is 31.5. The van der Waals surface area contributed by atoms with Gasteiger partial charge in [-0.3, -0.25) is 0 Å². The first kappa shape index (κ1) is 27.8. The molecule has 0 atom stereocenters. The molecule has 0 unspecified atom stereocenters. The van der Waals surface area contributed by atoms with Crippen molar-refractivity contribution in [2.24, 2.45) is 0 Å². The van der Waals surface area contributed by atoms with Crippen LogP contribution in [-0.4, -0.2) is 0 Å². The van der Waals surface area contributed by atoms with E-state index in [1.165, 1.54) is 89.0 Å². The van der Waals surface area contributed by atoms with Crippen LogP contribution in [0, 0.1) is 6.92 Å². The first-order valence-corrected chi connectivity index (χ1v) is 16.9. The summed E-state index contributed by atoms with van der Waals surface area (Å²) in [6.45, 7) is 4.53. The molecule has 7 aromatic carbocycles. The lowest BCUT2D eigenvalue weighted by atomic mass is 9.86. The van der Waals surface area contributed by atoms with Crippen molar-refractivity contribution in [3.63, 3.8) is 0 Å². The summed E-state index contributed by atoms with van der Waals surface area (Å²) in [5.74, 6) is 0.556. The minimum absolute atomic E-state index is 0.278. The summed E-state index contributed by atoms with van der Waals surface area (Å²) >= 11 is 0. The van der Waals surface area contributed by atoms with Crippen molar-refractivity contribution in [1.82, 2.24) is 0 Å². The molecule has 2 aliphatic carbocycles. The third-order valence-corrected chi connectivity index (χ3v) is 10.6. The average molecular weight is 601 g/mol. The van der Waals surface area contributed by atoms with Crippen LogP contribution in [0.3, 0.4) is 0 Å². The maximum Gasteiger partial charge on any atom is 0.0352 e. The van der Waals surface area contributed by atoms with Crippen LogP contribution < -0.4 is 0 Å². The monoisotopic (exact) mass is 600 g/mol. The maximum atomic E-state index is 2.43. The van der Waals surface area contributed by atoms with E-state index in [9.17, 15) is 0 Å². The standard InChI is InChI=1S/C47H36/c1-3-31-29-44(32-20-24-34(25-21-32)46-40-16-8-4-12-36(40)37-13-5-9-17-41(37)46)30(2)28-45(31)33-22-26-35(27-23-33)47-42-18-10-6-14-38(42)39-15-7-11-19-43(39)47/h4-29,46-47H,3H2,1-2H3. The van der Waals surface area contributed by atoms with Gasteiger partial charge in [-0.05, 0) is 102 Å². The lowest BCUT2D eigenvalue weighted by Crippen LogP contribution is -2.00. The van der Waals surface area contributed by atoms with E-state index in [1.54, 1.807) is 0 Å². The van der Waals surface area contributed by atoms with E-state index in [4.69, 9.17) is 0 Å². The fraction of sp³-hybridized carbons (Fsp3) is 0.106. The Balaban J connectivity index is 1.04. The number of rotatable bonds is 5. The lowest BCUT2D eigenvalue weighted by molar-refractivity contribution is 1.01. The van der Waals surface area contributed by atoms with Crippen LogP contribution in [0.15, 0.2) is 158 Å². The number of aryl methyl sites for hydroxylation is 2. The van der Waals surface area contributed by atoms with Crippen LogP contribution in [0.25, 0.3) is 44.5 Å². The zero-order valence-electron chi connectivity index (χ0n) is 26.9. The lowest BCUT2D eigenvalue weighted by Gasteiger charge is -2.18. The number of hydrogen-bond acceptors (Lipinski definition) is 0. The van der Waals surface area contributed by atoms with Crippen molar-refractivity contribution < 1.29 is 0 Å². The second-order valence-corrected chi connectivity index (χ2v) is 13.1. The third-order valence-electron chi connectivity index (χ3n) is 10.6. The van der Waals surface area contributed by atoms with Gasteiger partial charge < -0.3 is 0 Å². The van der Waals surface area contributed by atoms with Crippen LogP contribution in [0.4, 0.5) is 0 Å². The van der Waals surface area contributed by atoms with Crippen LogP contribution in [-0.2, 0) is 6.42 Å². The molecular weight excluding hydrogens is 565 g/mol. The molecule has 0 amide bonds. The minimum atomic E-state index is 0.278. The Morgan fingerprint density at radius 3 is 1.13 bits per heavy atom. The summed E-state index contributed by atoms with van der Waals surface area (Å²) in [6, 6.07) is 59.1. The van der Waals surface area contributed by atoms with Crippen molar-refractivity contribution >= 4 is 0 Å². The quantitative estimate of drug-likeness (QED) is 0.184. The van der Waals surface area contributed by atoms with Gasteiger partial charge in [-0.25, -0.2) is 0 Å². The van der Waals surface area contributed by atoms with Crippen LogP contribution >= 0.6 is 0 Å². The second-order valence-electron chi connectivity index (χ2n) is 13.1. The summed E-state index contributed by atoms with van der Waals surface area (Å²) in [5, 5.41) is 0. The molecule has 0 N–H and O–H groups in total. The predicted octanol–water partition coefficient (Wildman–Crippen LogP) is 12.2. The highest BCUT2D eigenvalue weighted by Crippen LogP contribution is 2.49. The molecule has 47 heavy (non-hydrogen) atoms. The van der Waals surface area contributed by atoms with E-state index in [-0.39, 0.29) is 11.8 Å². The smallest absolute Gasteiger partial charge is 0.0352 e. The second kappa shape index (κ2) is 11.1. The van der Waals surface area contributed by atoms with Gasteiger partial charge in [0, 0.05) is 11.8 Å². The molecule has 2 aliphatic rings. The molecule has 0 saturated heterocycles.